The van der Waals surface area contributed by atoms with Gasteiger partial charge in [-0.15, -0.1) is 0 Å². The number of carbonyl (C=O) groups excluding carboxylic acids is 1. The smallest absolute Gasteiger partial charge is 0.291 e. The predicted octanol–water partition coefficient (Wildman–Crippen LogP) is 2.90. The SMILES string of the molecule is O=C(Nc1cnn(CC2CC2)c1)c1ccc(Br)o1. The molecule has 18 heavy (non-hydrogen) atoms. The van der Waals surface area contributed by atoms with Gasteiger partial charge in [-0.3, -0.25) is 9.48 Å². The van der Waals surface area contributed by atoms with Gasteiger partial charge in [-0.2, -0.15) is 5.10 Å². The number of amides is 1. The zero-order valence-corrected chi connectivity index (χ0v) is 11.2. The van der Waals surface area contributed by atoms with Crippen LogP contribution in [0.25, 0.3) is 0 Å². The largest absolute Gasteiger partial charge is 0.444 e. The summed E-state index contributed by atoms with van der Waals surface area (Å²) in [6.45, 7) is 0.933. The minimum absolute atomic E-state index is 0.272. The first-order valence-electron chi connectivity index (χ1n) is 5.80. The molecule has 94 valence electrons. The first-order chi connectivity index (χ1) is 8.70. The second-order valence-electron chi connectivity index (χ2n) is 4.45. The summed E-state index contributed by atoms with van der Waals surface area (Å²) in [7, 11) is 0. The van der Waals surface area contributed by atoms with Crippen LogP contribution in [0.5, 0.6) is 0 Å². The number of aromatic nitrogens is 2. The Hall–Kier alpha value is -1.56. The number of rotatable bonds is 4. The van der Waals surface area contributed by atoms with E-state index in [4.69, 9.17) is 4.42 Å². The van der Waals surface area contributed by atoms with Gasteiger partial charge in [0.2, 0.25) is 0 Å². The summed E-state index contributed by atoms with van der Waals surface area (Å²) in [6.07, 6.45) is 6.05. The molecule has 6 heteroatoms. The van der Waals surface area contributed by atoms with Crippen LogP contribution in [0.15, 0.2) is 33.6 Å². The molecule has 0 bridgehead atoms. The highest BCUT2D eigenvalue weighted by Gasteiger charge is 2.22. The van der Waals surface area contributed by atoms with E-state index in [-0.39, 0.29) is 11.7 Å². The molecule has 2 aromatic heterocycles. The number of nitrogens with zero attached hydrogens (tertiary/aromatic N) is 2. The molecule has 1 aliphatic carbocycles. The van der Waals surface area contributed by atoms with Crippen molar-refractivity contribution in [2.75, 3.05) is 5.32 Å². The molecule has 1 aliphatic rings. The maximum atomic E-state index is 11.8. The Bertz CT molecular complexity index is 571. The van der Waals surface area contributed by atoms with E-state index in [9.17, 15) is 4.79 Å². The summed E-state index contributed by atoms with van der Waals surface area (Å²) < 4.78 is 7.58. The van der Waals surface area contributed by atoms with E-state index < -0.39 is 0 Å². The Morgan fingerprint density at radius 3 is 3.06 bits per heavy atom. The van der Waals surface area contributed by atoms with Crippen LogP contribution in [0, 0.1) is 5.92 Å². The van der Waals surface area contributed by atoms with Crippen molar-refractivity contribution in [3.8, 4) is 0 Å². The van der Waals surface area contributed by atoms with E-state index in [0.717, 1.165) is 12.5 Å². The predicted molar refractivity (Wildman–Crippen MR) is 69.3 cm³/mol. The average Bonchev–Trinajstić information content (AvgIpc) is 2.85. The van der Waals surface area contributed by atoms with Crippen molar-refractivity contribution in [1.29, 1.82) is 0 Å². The van der Waals surface area contributed by atoms with Gasteiger partial charge in [0, 0.05) is 12.7 Å². The van der Waals surface area contributed by atoms with Crippen LogP contribution in [0.3, 0.4) is 0 Å². The Labute approximate surface area is 112 Å². The highest BCUT2D eigenvalue weighted by atomic mass is 79.9. The molecule has 5 nitrogen and oxygen atoms in total. The third-order valence-corrected chi connectivity index (χ3v) is 3.26. The number of hydrogen-bond donors (Lipinski definition) is 1. The molecule has 0 atom stereocenters. The first-order valence-corrected chi connectivity index (χ1v) is 6.59. The van der Waals surface area contributed by atoms with Crippen LogP contribution in [0.2, 0.25) is 0 Å². The number of carbonyl (C=O) groups is 1. The van der Waals surface area contributed by atoms with Crippen molar-refractivity contribution in [2.45, 2.75) is 19.4 Å². The molecular weight excluding hydrogens is 298 g/mol. The van der Waals surface area contributed by atoms with Gasteiger partial charge < -0.3 is 9.73 Å². The summed E-state index contributed by atoms with van der Waals surface area (Å²) >= 11 is 3.16. The second-order valence-corrected chi connectivity index (χ2v) is 5.23. The van der Waals surface area contributed by atoms with Gasteiger partial charge in [-0.1, -0.05) is 0 Å². The third-order valence-electron chi connectivity index (χ3n) is 2.83. The Morgan fingerprint density at radius 1 is 1.56 bits per heavy atom. The minimum Gasteiger partial charge on any atom is -0.444 e. The molecule has 0 unspecified atom stereocenters. The van der Waals surface area contributed by atoms with Gasteiger partial charge in [0.1, 0.15) is 0 Å². The number of halogens is 1. The van der Waals surface area contributed by atoms with Crippen molar-refractivity contribution in [1.82, 2.24) is 9.78 Å². The van der Waals surface area contributed by atoms with E-state index in [0.29, 0.717) is 10.4 Å². The van der Waals surface area contributed by atoms with Crippen molar-refractivity contribution < 1.29 is 9.21 Å². The monoisotopic (exact) mass is 309 g/mol. The zero-order chi connectivity index (χ0) is 12.5. The van der Waals surface area contributed by atoms with Gasteiger partial charge in [0.25, 0.3) is 5.91 Å². The van der Waals surface area contributed by atoms with Crippen LogP contribution in [0.1, 0.15) is 23.4 Å². The van der Waals surface area contributed by atoms with Gasteiger partial charge in [0.15, 0.2) is 10.4 Å². The highest BCUT2D eigenvalue weighted by molar-refractivity contribution is 9.10. The molecule has 2 heterocycles. The van der Waals surface area contributed by atoms with Gasteiger partial charge in [0.05, 0.1) is 11.9 Å². The Morgan fingerprint density at radius 2 is 2.39 bits per heavy atom. The van der Waals surface area contributed by atoms with E-state index in [1.165, 1.54) is 12.8 Å². The summed E-state index contributed by atoms with van der Waals surface area (Å²) in [5, 5.41) is 6.96. The first kappa shape index (κ1) is 11.5. The van der Waals surface area contributed by atoms with Crippen molar-refractivity contribution in [3.05, 3.63) is 35.0 Å². The minimum atomic E-state index is -0.272. The quantitative estimate of drug-likeness (QED) is 0.944. The third kappa shape index (κ3) is 2.64. The molecule has 1 saturated carbocycles. The van der Waals surface area contributed by atoms with E-state index >= 15 is 0 Å². The molecule has 2 aromatic rings. The molecule has 0 spiro atoms. The topological polar surface area (TPSA) is 60.1 Å². The Balaban J connectivity index is 1.64. The van der Waals surface area contributed by atoms with Crippen LogP contribution in [-0.4, -0.2) is 15.7 Å². The molecule has 0 aromatic carbocycles. The molecule has 1 amide bonds. The van der Waals surface area contributed by atoms with E-state index in [1.54, 1.807) is 18.3 Å². The second kappa shape index (κ2) is 4.61. The van der Waals surface area contributed by atoms with Crippen LogP contribution < -0.4 is 5.32 Å². The lowest BCUT2D eigenvalue weighted by atomic mass is 10.4. The number of anilines is 1. The number of furan rings is 1. The summed E-state index contributed by atoms with van der Waals surface area (Å²) in [4.78, 5) is 11.8. The fourth-order valence-corrected chi connectivity index (χ4v) is 2.03. The Kier molecular flexibility index (Phi) is 2.95. The van der Waals surface area contributed by atoms with E-state index in [2.05, 4.69) is 26.3 Å². The molecule has 0 radical (unpaired) electrons. The lowest BCUT2D eigenvalue weighted by molar-refractivity contribution is 0.0995. The van der Waals surface area contributed by atoms with Crippen molar-refractivity contribution >= 4 is 27.5 Å². The molecular formula is C12H12BrN3O2. The number of nitrogens with one attached hydrogen (secondary N) is 1. The van der Waals surface area contributed by atoms with Crippen LogP contribution >= 0.6 is 15.9 Å². The molecule has 0 saturated heterocycles. The zero-order valence-electron chi connectivity index (χ0n) is 9.60. The maximum Gasteiger partial charge on any atom is 0.291 e. The van der Waals surface area contributed by atoms with E-state index in [1.807, 2.05) is 10.9 Å². The van der Waals surface area contributed by atoms with Crippen LogP contribution in [0.4, 0.5) is 5.69 Å². The molecule has 0 aliphatic heterocycles. The lowest BCUT2D eigenvalue weighted by Gasteiger charge is -1.99. The average molecular weight is 310 g/mol. The summed E-state index contributed by atoms with van der Waals surface area (Å²) in [6, 6.07) is 3.31. The standard InChI is InChI=1S/C12H12BrN3O2/c13-11-4-3-10(18-11)12(17)15-9-5-14-16(7-9)6-8-1-2-8/h3-5,7-8H,1-2,6H2,(H,15,17). The normalized spacial score (nSPS) is 14.7. The van der Waals surface area contributed by atoms with Gasteiger partial charge in [-0.05, 0) is 46.8 Å². The molecule has 1 fully saturated rings. The van der Waals surface area contributed by atoms with Crippen molar-refractivity contribution in [2.24, 2.45) is 5.92 Å². The van der Waals surface area contributed by atoms with Gasteiger partial charge in [-0.25, -0.2) is 0 Å². The van der Waals surface area contributed by atoms with Crippen molar-refractivity contribution in [3.63, 3.8) is 0 Å². The molecule has 1 N–H and O–H groups in total. The fraction of sp³-hybridized carbons (Fsp3) is 0.333. The lowest BCUT2D eigenvalue weighted by Crippen LogP contribution is -2.10. The number of hydrogen-bond acceptors (Lipinski definition) is 3. The summed E-state index contributed by atoms with van der Waals surface area (Å²) in [5.41, 5.74) is 0.688. The molecule has 3 rings (SSSR count). The highest BCUT2D eigenvalue weighted by Crippen LogP contribution is 2.30. The summed E-state index contributed by atoms with van der Waals surface area (Å²) in [5.74, 6) is 0.762. The maximum absolute atomic E-state index is 11.8. The fourth-order valence-electron chi connectivity index (χ4n) is 1.72. The van der Waals surface area contributed by atoms with Gasteiger partial charge >= 0.3 is 0 Å². The van der Waals surface area contributed by atoms with Crippen LogP contribution in [-0.2, 0) is 6.54 Å².